The Hall–Kier alpha value is -2.83. The zero-order valence-corrected chi connectivity index (χ0v) is 12.6. The Labute approximate surface area is 135 Å². The number of carbonyl (C=O) groups excluding carboxylic acids is 2. The highest BCUT2D eigenvalue weighted by atomic mass is 19.4. The molecule has 0 bridgehead atoms. The molecule has 1 heterocycles. The summed E-state index contributed by atoms with van der Waals surface area (Å²) in [5, 5.41) is 0. The number of fused-ring (bicyclic) bond motifs is 1. The summed E-state index contributed by atoms with van der Waals surface area (Å²) in [6, 6.07) is 9.02. The van der Waals surface area contributed by atoms with E-state index in [-0.39, 0.29) is 18.0 Å². The number of halogens is 3. The largest absolute Gasteiger partial charge is 0.465 e. The molecular formula is C17H12F3NO3. The minimum atomic E-state index is -4.44. The highest BCUT2D eigenvalue weighted by molar-refractivity contribution is 6.12. The fourth-order valence-electron chi connectivity index (χ4n) is 2.67. The van der Waals surface area contributed by atoms with Gasteiger partial charge in [-0.3, -0.25) is 4.79 Å². The van der Waals surface area contributed by atoms with Crippen molar-refractivity contribution in [3.05, 3.63) is 64.7 Å². The van der Waals surface area contributed by atoms with Crippen molar-refractivity contribution >= 4 is 17.6 Å². The summed E-state index contributed by atoms with van der Waals surface area (Å²) in [7, 11) is 1.24. The number of hydrogen-bond acceptors (Lipinski definition) is 3. The van der Waals surface area contributed by atoms with Crippen LogP contribution in [-0.2, 0) is 17.5 Å². The molecule has 4 nitrogen and oxygen atoms in total. The quantitative estimate of drug-likeness (QED) is 0.787. The van der Waals surface area contributed by atoms with E-state index >= 15 is 0 Å². The van der Waals surface area contributed by atoms with Gasteiger partial charge in [-0.1, -0.05) is 6.07 Å². The maximum absolute atomic E-state index is 12.6. The molecule has 2 aromatic carbocycles. The van der Waals surface area contributed by atoms with Crippen molar-refractivity contribution in [2.75, 3.05) is 12.0 Å². The molecule has 0 aromatic heterocycles. The molecule has 0 spiro atoms. The molecule has 0 unspecified atom stereocenters. The predicted octanol–water partition coefficient (Wildman–Crippen LogP) is 3.65. The molecule has 124 valence electrons. The average Bonchev–Trinajstić information content (AvgIpc) is 2.90. The van der Waals surface area contributed by atoms with E-state index in [0.717, 1.165) is 12.1 Å². The van der Waals surface area contributed by atoms with E-state index in [1.807, 2.05) is 0 Å². The molecule has 1 aliphatic heterocycles. The third kappa shape index (κ3) is 2.62. The van der Waals surface area contributed by atoms with Gasteiger partial charge in [0.1, 0.15) is 0 Å². The molecule has 0 aliphatic carbocycles. The molecule has 0 saturated carbocycles. The van der Waals surface area contributed by atoms with Gasteiger partial charge in [0.15, 0.2) is 0 Å². The summed E-state index contributed by atoms with van der Waals surface area (Å²) in [6.45, 7) is 0.102. The molecular weight excluding hydrogens is 323 g/mol. The molecule has 3 rings (SSSR count). The Morgan fingerprint density at radius 1 is 1.12 bits per heavy atom. The average molecular weight is 335 g/mol. The Kier molecular flexibility index (Phi) is 3.79. The topological polar surface area (TPSA) is 46.6 Å². The van der Waals surface area contributed by atoms with Crippen LogP contribution < -0.4 is 4.90 Å². The Balaban J connectivity index is 1.95. The number of amides is 1. The van der Waals surface area contributed by atoms with E-state index in [1.165, 1.54) is 24.1 Å². The number of anilines is 1. The number of alkyl halides is 3. The lowest BCUT2D eigenvalue weighted by atomic mass is 10.0. The van der Waals surface area contributed by atoms with Gasteiger partial charge in [-0.05, 0) is 42.0 Å². The van der Waals surface area contributed by atoms with Crippen LogP contribution in [0.4, 0.5) is 18.9 Å². The third-order valence-electron chi connectivity index (χ3n) is 3.88. The van der Waals surface area contributed by atoms with Crippen LogP contribution in [0.15, 0.2) is 42.5 Å². The van der Waals surface area contributed by atoms with Gasteiger partial charge in [0, 0.05) is 11.3 Å². The molecule has 24 heavy (non-hydrogen) atoms. The first-order valence-corrected chi connectivity index (χ1v) is 7.02. The second-order valence-corrected chi connectivity index (χ2v) is 5.26. The van der Waals surface area contributed by atoms with E-state index in [0.29, 0.717) is 16.8 Å². The SMILES string of the molecule is COC(=O)c1cccc2c1CN(c1ccc(C(F)(F)F)cc1)C2=O. The van der Waals surface area contributed by atoms with Crippen molar-refractivity contribution < 1.29 is 27.5 Å². The molecule has 0 N–H and O–H groups in total. The van der Waals surface area contributed by atoms with Gasteiger partial charge in [0.05, 0.1) is 24.8 Å². The number of nitrogens with zero attached hydrogens (tertiary/aromatic N) is 1. The number of ether oxygens (including phenoxy) is 1. The minimum Gasteiger partial charge on any atom is -0.465 e. The van der Waals surface area contributed by atoms with Gasteiger partial charge in [-0.25, -0.2) is 4.79 Å². The van der Waals surface area contributed by atoms with Gasteiger partial charge in [-0.15, -0.1) is 0 Å². The highest BCUT2D eigenvalue weighted by Crippen LogP contribution is 2.34. The molecule has 7 heteroatoms. The lowest BCUT2D eigenvalue weighted by Gasteiger charge is -2.17. The fraction of sp³-hybridized carbons (Fsp3) is 0.176. The monoisotopic (exact) mass is 335 g/mol. The minimum absolute atomic E-state index is 0.102. The highest BCUT2D eigenvalue weighted by Gasteiger charge is 2.33. The summed E-state index contributed by atoms with van der Waals surface area (Å²) >= 11 is 0. The van der Waals surface area contributed by atoms with Crippen LogP contribution in [0.2, 0.25) is 0 Å². The van der Waals surface area contributed by atoms with Crippen LogP contribution in [-0.4, -0.2) is 19.0 Å². The molecule has 0 fully saturated rings. The van der Waals surface area contributed by atoms with Crippen molar-refractivity contribution in [2.24, 2.45) is 0 Å². The number of methoxy groups -OCH3 is 1. The Morgan fingerprint density at radius 3 is 2.38 bits per heavy atom. The van der Waals surface area contributed by atoms with Crippen LogP contribution in [0, 0.1) is 0 Å². The van der Waals surface area contributed by atoms with Gasteiger partial charge in [0.2, 0.25) is 0 Å². The van der Waals surface area contributed by atoms with Gasteiger partial charge >= 0.3 is 12.1 Å². The first kappa shape index (κ1) is 16.0. The smallest absolute Gasteiger partial charge is 0.416 e. The van der Waals surface area contributed by atoms with E-state index in [1.54, 1.807) is 18.2 Å². The van der Waals surface area contributed by atoms with Crippen LogP contribution in [0.5, 0.6) is 0 Å². The molecule has 1 amide bonds. The number of esters is 1. The van der Waals surface area contributed by atoms with Gasteiger partial charge < -0.3 is 9.64 Å². The molecule has 0 radical (unpaired) electrons. The zero-order chi connectivity index (χ0) is 17.5. The lowest BCUT2D eigenvalue weighted by molar-refractivity contribution is -0.137. The maximum Gasteiger partial charge on any atom is 0.416 e. The number of hydrogen-bond donors (Lipinski definition) is 0. The van der Waals surface area contributed by atoms with Gasteiger partial charge in [0.25, 0.3) is 5.91 Å². The summed E-state index contributed by atoms with van der Waals surface area (Å²) in [4.78, 5) is 25.6. The van der Waals surface area contributed by atoms with E-state index in [2.05, 4.69) is 0 Å². The molecule has 0 atom stereocenters. The number of carbonyl (C=O) groups is 2. The second-order valence-electron chi connectivity index (χ2n) is 5.26. The Morgan fingerprint density at radius 2 is 1.79 bits per heavy atom. The molecule has 2 aromatic rings. The van der Waals surface area contributed by atoms with Crippen molar-refractivity contribution in [1.29, 1.82) is 0 Å². The fourth-order valence-corrected chi connectivity index (χ4v) is 2.67. The summed E-state index contributed by atoms with van der Waals surface area (Å²) in [5.74, 6) is -0.926. The van der Waals surface area contributed by atoms with Gasteiger partial charge in [-0.2, -0.15) is 13.2 Å². The summed E-state index contributed by atoms with van der Waals surface area (Å²) in [6.07, 6.45) is -4.44. The van der Waals surface area contributed by atoms with Crippen LogP contribution in [0.1, 0.15) is 31.8 Å². The second kappa shape index (κ2) is 5.67. The van der Waals surface area contributed by atoms with Crippen molar-refractivity contribution in [3.63, 3.8) is 0 Å². The number of benzene rings is 2. The zero-order valence-electron chi connectivity index (χ0n) is 12.6. The molecule has 1 aliphatic rings. The maximum atomic E-state index is 12.6. The van der Waals surface area contributed by atoms with Crippen LogP contribution >= 0.6 is 0 Å². The van der Waals surface area contributed by atoms with Crippen LogP contribution in [0.25, 0.3) is 0 Å². The third-order valence-corrected chi connectivity index (χ3v) is 3.88. The van der Waals surface area contributed by atoms with Crippen molar-refractivity contribution in [2.45, 2.75) is 12.7 Å². The predicted molar refractivity (Wildman–Crippen MR) is 79.7 cm³/mol. The van der Waals surface area contributed by atoms with E-state index < -0.39 is 17.7 Å². The van der Waals surface area contributed by atoms with Crippen molar-refractivity contribution in [1.82, 2.24) is 0 Å². The normalized spacial score (nSPS) is 13.8. The number of rotatable bonds is 2. The molecule has 0 saturated heterocycles. The van der Waals surface area contributed by atoms with Crippen molar-refractivity contribution in [3.8, 4) is 0 Å². The van der Waals surface area contributed by atoms with Crippen LogP contribution in [0.3, 0.4) is 0 Å². The van der Waals surface area contributed by atoms with E-state index in [9.17, 15) is 22.8 Å². The summed E-state index contributed by atoms with van der Waals surface area (Å²) < 4.78 is 42.6. The van der Waals surface area contributed by atoms with E-state index in [4.69, 9.17) is 4.74 Å². The first-order chi connectivity index (χ1) is 11.3. The first-order valence-electron chi connectivity index (χ1n) is 7.02. The standard InChI is InChI=1S/C17H12F3NO3/c1-24-16(23)13-4-2-3-12-14(13)9-21(15(12)22)11-7-5-10(6-8-11)17(18,19)20/h2-8H,9H2,1H3. The lowest BCUT2D eigenvalue weighted by Crippen LogP contribution is -2.23. The summed E-state index contributed by atoms with van der Waals surface area (Å²) in [5.41, 5.74) is 0.676. The Bertz CT molecular complexity index is 813.